The number of H-pyrrole nitrogens is 2. The van der Waals surface area contributed by atoms with Crippen LogP contribution in [0.4, 0.5) is 0 Å². The van der Waals surface area contributed by atoms with E-state index in [0.717, 1.165) is 27.2 Å². The lowest BCUT2D eigenvalue weighted by Gasteiger charge is -2.03. The molecule has 0 amide bonds. The zero-order valence-electron chi connectivity index (χ0n) is 13.9. The second-order valence-electron chi connectivity index (χ2n) is 5.85. The molecule has 4 rings (SSSR count). The van der Waals surface area contributed by atoms with Gasteiger partial charge in [0.05, 0.1) is 11.0 Å². The molecule has 0 fully saturated rings. The van der Waals surface area contributed by atoms with Gasteiger partial charge in [0.2, 0.25) is 5.95 Å². The summed E-state index contributed by atoms with van der Waals surface area (Å²) < 4.78 is 1.44. The van der Waals surface area contributed by atoms with Crippen molar-refractivity contribution in [2.75, 3.05) is 0 Å². The monoisotopic (exact) mass is 366 g/mol. The van der Waals surface area contributed by atoms with Gasteiger partial charge in [0.25, 0.3) is 5.56 Å². The van der Waals surface area contributed by atoms with E-state index in [-0.39, 0.29) is 5.56 Å². The average molecular weight is 366 g/mol. The number of nitrogens with one attached hydrogen (secondary N) is 3. The van der Waals surface area contributed by atoms with Crippen molar-refractivity contribution in [1.82, 2.24) is 25.2 Å². The highest BCUT2D eigenvalue weighted by molar-refractivity contribution is 7.98. The molecule has 0 radical (unpaired) electrons. The van der Waals surface area contributed by atoms with E-state index in [1.165, 1.54) is 4.68 Å². The Kier molecular flexibility index (Phi) is 4.61. The Labute approximate surface area is 153 Å². The van der Waals surface area contributed by atoms with Gasteiger partial charge in [-0.25, -0.2) is 4.98 Å². The summed E-state index contributed by atoms with van der Waals surface area (Å²) in [5.41, 5.74) is 6.19. The number of fused-ring (bicyclic) bond motifs is 1. The lowest BCUT2D eigenvalue weighted by molar-refractivity contribution is 0.741. The predicted molar refractivity (Wildman–Crippen MR) is 103 cm³/mol. The third-order valence-corrected chi connectivity index (χ3v) is 5.05. The summed E-state index contributed by atoms with van der Waals surface area (Å²) in [4.78, 5) is 21.0. The van der Waals surface area contributed by atoms with Crippen LogP contribution in [-0.4, -0.2) is 19.7 Å². The van der Waals surface area contributed by atoms with E-state index in [9.17, 15) is 4.79 Å². The fraction of sp³-hybridized carbons (Fsp3) is 0.111. The van der Waals surface area contributed by atoms with Gasteiger partial charge in [-0.15, -0.1) is 11.8 Å². The smallest absolute Gasteiger partial charge is 0.274 e. The van der Waals surface area contributed by atoms with Crippen molar-refractivity contribution in [2.24, 2.45) is 5.84 Å². The summed E-state index contributed by atoms with van der Waals surface area (Å²) in [7, 11) is 0. The summed E-state index contributed by atoms with van der Waals surface area (Å²) in [6.07, 6.45) is 0. The summed E-state index contributed by atoms with van der Waals surface area (Å²) in [6, 6.07) is 17.4. The van der Waals surface area contributed by atoms with Gasteiger partial charge in [-0.3, -0.25) is 21.2 Å². The second kappa shape index (κ2) is 7.20. The number of thioether (sulfide) groups is 1. The molecular weight excluding hydrogens is 348 g/mol. The van der Waals surface area contributed by atoms with Gasteiger partial charge in [-0.2, -0.15) is 4.68 Å². The number of para-hydroxylation sites is 2. The maximum absolute atomic E-state index is 12.3. The van der Waals surface area contributed by atoms with E-state index < -0.39 is 0 Å². The van der Waals surface area contributed by atoms with Crippen molar-refractivity contribution in [3.05, 3.63) is 76.2 Å². The molecule has 0 aliphatic carbocycles. The standard InChI is InChI=1S/C18H18N6OS/c19-20-10-12-5-7-14(8-6-12)26-11-13-9-17(25)24(23-13)18-21-15-3-1-2-4-16(15)22-18/h1-9,20,23H,10-11,19H2,(H,21,22). The SMILES string of the molecule is NNCc1ccc(SCc2cc(=O)n(-c3nc4ccccc4[nH]3)[nH]2)cc1. The quantitative estimate of drug-likeness (QED) is 0.238. The summed E-state index contributed by atoms with van der Waals surface area (Å²) in [6.45, 7) is 0.638. The largest absolute Gasteiger partial charge is 0.322 e. The summed E-state index contributed by atoms with van der Waals surface area (Å²) >= 11 is 1.66. The Morgan fingerprint density at radius 1 is 1.15 bits per heavy atom. The maximum Gasteiger partial charge on any atom is 0.274 e. The van der Waals surface area contributed by atoms with E-state index in [1.807, 2.05) is 48.5 Å². The van der Waals surface area contributed by atoms with Crippen LogP contribution in [0.25, 0.3) is 17.0 Å². The molecule has 2 aromatic heterocycles. The zero-order valence-corrected chi connectivity index (χ0v) is 14.7. The number of imidazole rings is 1. The van der Waals surface area contributed by atoms with E-state index in [0.29, 0.717) is 18.2 Å². The first kappa shape index (κ1) is 16.6. The van der Waals surface area contributed by atoms with E-state index in [1.54, 1.807) is 17.8 Å². The number of rotatable bonds is 6. The molecule has 132 valence electrons. The van der Waals surface area contributed by atoms with Crippen molar-refractivity contribution >= 4 is 22.8 Å². The third-order valence-electron chi connectivity index (χ3n) is 3.99. The summed E-state index contributed by atoms with van der Waals surface area (Å²) in [5.74, 6) is 6.48. The number of hydrogen-bond acceptors (Lipinski definition) is 5. The van der Waals surface area contributed by atoms with Crippen molar-refractivity contribution < 1.29 is 0 Å². The van der Waals surface area contributed by atoms with Gasteiger partial charge in [0.15, 0.2) is 0 Å². The van der Waals surface area contributed by atoms with Crippen molar-refractivity contribution in [3.63, 3.8) is 0 Å². The van der Waals surface area contributed by atoms with E-state index in [2.05, 4.69) is 20.5 Å². The van der Waals surface area contributed by atoms with Crippen molar-refractivity contribution in [2.45, 2.75) is 17.2 Å². The van der Waals surface area contributed by atoms with Crippen molar-refractivity contribution in [1.29, 1.82) is 0 Å². The Morgan fingerprint density at radius 3 is 2.73 bits per heavy atom. The van der Waals surface area contributed by atoms with Gasteiger partial charge >= 0.3 is 0 Å². The molecule has 0 aliphatic heterocycles. The number of nitrogens with two attached hydrogens (primary N) is 1. The van der Waals surface area contributed by atoms with Crippen LogP contribution >= 0.6 is 11.8 Å². The number of aromatic nitrogens is 4. The molecule has 8 heteroatoms. The molecule has 0 saturated carbocycles. The van der Waals surface area contributed by atoms with Gasteiger partial charge in [-0.05, 0) is 29.8 Å². The van der Waals surface area contributed by atoms with Crippen LogP contribution < -0.4 is 16.8 Å². The van der Waals surface area contributed by atoms with Crippen molar-refractivity contribution in [3.8, 4) is 5.95 Å². The number of benzene rings is 2. The maximum atomic E-state index is 12.3. The van der Waals surface area contributed by atoms with Crippen LogP contribution in [0.1, 0.15) is 11.3 Å². The lowest BCUT2D eigenvalue weighted by atomic mass is 10.2. The lowest BCUT2D eigenvalue weighted by Crippen LogP contribution is -2.20. The fourth-order valence-electron chi connectivity index (χ4n) is 2.70. The molecule has 2 aromatic carbocycles. The Bertz CT molecular complexity index is 1050. The molecule has 7 nitrogen and oxygen atoms in total. The van der Waals surface area contributed by atoms with Crippen LogP contribution in [0.15, 0.2) is 64.3 Å². The number of hydrazine groups is 1. The molecule has 0 aliphatic rings. The van der Waals surface area contributed by atoms with Gasteiger partial charge in [0.1, 0.15) is 0 Å². The Balaban J connectivity index is 1.50. The minimum Gasteiger partial charge on any atom is -0.322 e. The first-order valence-corrected chi connectivity index (χ1v) is 9.13. The van der Waals surface area contributed by atoms with E-state index in [4.69, 9.17) is 5.84 Å². The predicted octanol–water partition coefficient (Wildman–Crippen LogP) is 2.30. The molecule has 26 heavy (non-hydrogen) atoms. The Morgan fingerprint density at radius 2 is 1.96 bits per heavy atom. The summed E-state index contributed by atoms with van der Waals surface area (Å²) in [5, 5.41) is 3.12. The highest BCUT2D eigenvalue weighted by atomic mass is 32.2. The molecule has 2 heterocycles. The minimum absolute atomic E-state index is 0.135. The molecule has 0 saturated heterocycles. The van der Waals surface area contributed by atoms with Crippen LogP contribution in [0.2, 0.25) is 0 Å². The van der Waals surface area contributed by atoms with Gasteiger partial charge in [-0.1, -0.05) is 24.3 Å². The molecule has 0 bridgehead atoms. The normalized spacial score (nSPS) is 11.3. The highest BCUT2D eigenvalue weighted by Crippen LogP contribution is 2.22. The van der Waals surface area contributed by atoms with Crippen LogP contribution in [-0.2, 0) is 12.3 Å². The molecular formula is C18H18N6OS. The first-order valence-electron chi connectivity index (χ1n) is 8.14. The van der Waals surface area contributed by atoms with Gasteiger partial charge in [0, 0.05) is 29.0 Å². The van der Waals surface area contributed by atoms with E-state index >= 15 is 0 Å². The fourth-order valence-corrected chi connectivity index (χ4v) is 3.50. The second-order valence-corrected chi connectivity index (χ2v) is 6.89. The minimum atomic E-state index is -0.135. The zero-order chi connectivity index (χ0) is 17.9. The highest BCUT2D eigenvalue weighted by Gasteiger charge is 2.10. The molecule has 5 N–H and O–H groups in total. The third kappa shape index (κ3) is 3.43. The first-order chi connectivity index (χ1) is 12.7. The molecule has 0 spiro atoms. The average Bonchev–Trinajstić information content (AvgIpc) is 3.24. The Hall–Kier alpha value is -2.81. The topological polar surface area (TPSA) is 105 Å². The molecule has 0 atom stereocenters. The van der Waals surface area contributed by atoms with Crippen LogP contribution in [0, 0.1) is 0 Å². The number of nitrogens with zero attached hydrogens (tertiary/aromatic N) is 2. The van der Waals surface area contributed by atoms with Gasteiger partial charge < -0.3 is 4.98 Å². The number of hydrogen-bond donors (Lipinski definition) is 4. The number of aromatic amines is 2. The molecule has 4 aromatic rings. The van der Waals surface area contributed by atoms with Crippen LogP contribution in [0.3, 0.4) is 0 Å². The molecule has 0 unspecified atom stereocenters. The van der Waals surface area contributed by atoms with Crippen LogP contribution in [0.5, 0.6) is 0 Å².